The molecule has 1 fully saturated rings. The number of anilines is 1. The molecule has 0 unspecified atom stereocenters. The van der Waals surface area contributed by atoms with Gasteiger partial charge >= 0.3 is 0 Å². The van der Waals surface area contributed by atoms with Crippen LogP contribution in [-0.4, -0.2) is 48.9 Å². The fraction of sp³-hybridized carbons (Fsp3) is 0.417. The summed E-state index contributed by atoms with van der Waals surface area (Å²) in [6.07, 6.45) is 0. The molecule has 0 radical (unpaired) electrons. The first-order valence-corrected chi connectivity index (χ1v) is 5.52. The van der Waals surface area contributed by atoms with Gasteiger partial charge in [-0.2, -0.15) is 0 Å². The Morgan fingerprint density at radius 1 is 1.35 bits per heavy atom. The zero-order valence-electron chi connectivity index (χ0n) is 9.43. The molecule has 0 spiro atoms. The molecule has 0 saturated carbocycles. The zero-order valence-corrected chi connectivity index (χ0v) is 9.43. The fourth-order valence-electron chi connectivity index (χ4n) is 1.86. The van der Waals surface area contributed by atoms with Crippen molar-refractivity contribution in [3.05, 3.63) is 23.8 Å². The first-order valence-electron chi connectivity index (χ1n) is 5.52. The van der Waals surface area contributed by atoms with Crippen LogP contribution in [0.15, 0.2) is 18.2 Å². The van der Waals surface area contributed by atoms with Gasteiger partial charge in [-0.05, 0) is 12.1 Å². The predicted molar refractivity (Wildman–Crippen MR) is 62.6 cm³/mol. The van der Waals surface area contributed by atoms with E-state index in [1.165, 1.54) is 0 Å². The molecule has 1 aromatic carbocycles. The highest BCUT2D eigenvalue weighted by Gasteiger charge is 2.15. The fourth-order valence-corrected chi connectivity index (χ4v) is 1.86. The first-order chi connectivity index (χ1) is 8.22. The highest BCUT2D eigenvalue weighted by atomic mass is 16.5. The molecule has 5 nitrogen and oxygen atoms in total. The van der Waals surface area contributed by atoms with Gasteiger partial charge in [0.15, 0.2) is 5.78 Å². The second-order valence-electron chi connectivity index (χ2n) is 3.88. The van der Waals surface area contributed by atoms with Crippen molar-refractivity contribution in [3.63, 3.8) is 0 Å². The predicted octanol–water partition coefficient (Wildman–Crippen LogP) is 0.404. The number of aliphatic hydroxyl groups is 1. The number of aromatic hydroxyl groups is 1. The molecule has 0 aliphatic carbocycles. The number of phenolic OH excluding ortho intramolecular Hbond substituents is 1. The van der Waals surface area contributed by atoms with Crippen molar-refractivity contribution in [2.45, 2.75) is 0 Å². The number of ether oxygens (including phenoxy) is 1. The van der Waals surface area contributed by atoms with E-state index >= 15 is 0 Å². The van der Waals surface area contributed by atoms with Crippen LogP contribution >= 0.6 is 0 Å². The smallest absolute Gasteiger partial charge is 0.191 e. The van der Waals surface area contributed by atoms with Crippen molar-refractivity contribution in [1.29, 1.82) is 0 Å². The maximum Gasteiger partial charge on any atom is 0.191 e. The Balaban J connectivity index is 2.20. The van der Waals surface area contributed by atoms with Crippen LogP contribution in [-0.2, 0) is 4.74 Å². The monoisotopic (exact) mass is 237 g/mol. The van der Waals surface area contributed by atoms with Crippen LogP contribution in [0.1, 0.15) is 10.4 Å². The van der Waals surface area contributed by atoms with E-state index in [2.05, 4.69) is 4.90 Å². The van der Waals surface area contributed by atoms with Crippen LogP contribution in [0.3, 0.4) is 0 Å². The summed E-state index contributed by atoms with van der Waals surface area (Å²) in [5.74, 6) is -0.566. The van der Waals surface area contributed by atoms with Gasteiger partial charge in [0.05, 0.1) is 18.8 Å². The van der Waals surface area contributed by atoms with Crippen LogP contribution in [0.25, 0.3) is 0 Å². The number of hydrogen-bond acceptors (Lipinski definition) is 5. The van der Waals surface area contributed by atoms with Crippen molar-refractivity contribution >= 4 is 11.5 Å². The molecule has 2 N–H and O–H groups in total. The van der Waals surface area contributed by atoms with Crippen LogP contribution in [0.2, 0.25) is 0 Å². The van der Waals surface area contributed by atoms with E-state index in [-0.39, 0.29) is 11.3 Å². The quantitative estimate of drug-likeness (QED) is 0.745. The van der Waals surface area contributed by atoms with E-state index in [0.29, 0.717) is 13.2 Å². The number of carbonyl (C=O) groups excluding carboxylic acids is 1. The van der Waals surface area contributed by atoms with Gasteiger partial charge in [0.1, 0.15) is 12.4 Å². The molecule has 17 heavy (non-hydrogen) atoms. The number of hydrogen-bond donors (Lipinski definition) is 2. The molecule has 0 bridgehead atoms. The minimum atomic E-state index is -0.593. The molecular formula is C12H15NO4. The van der Waals surface area contributed by atoms with Crippen molar-refractivity contribution in [1.82, 2.24) is 0 Å². The van der Waals surface area contributed by atoms with Gasteiger partial charge in [-0.15, -0.1) is 0 Å². The molecule has 0 atom stereocenters. The summed E-state index contributed by atoms with van der Waals surface area (Å²) < 4.78 is 5.24. The summed E-state index contributed by atoms with van der Waals surface area (Å²) >= 11 is 0. The number of nitrogens with zero attached hydrogens (tertiary/aromatic N) is 1. The number of morpholine rings is 1. The second-order valence-corrected chi connectivity index (χ2v) is 3.88. The normalized spacial score (nSPS) is 15.9. The Bertz CT molecular complexity index is 413. The first kappa shape index (κ1) is 11.9. The topological polar surface area (TPSA) is 70.0 Å². The lowest BCUT2D eigenvalue weighted by atomic mass is 10.1. The standard InChI is InChI=1S/C12H15NO4/c14-8-12(16)10-2-1-9(7-11(10)15)13-3-5-17-6-4-13/h1-2,7,14-15H,3-6,8H2. The Morgan fingerprint density at radius 3 is 2.65 bits per heavy atom. The molecule has 0 amide bonds. The SMILES string of the molecule is O=C(CO)c1ccc(N2CCOCC2)cc1O. The molecule has 1 saturated heterocycles. The molecule has 1 aliphatic heterocycles. The van der Waals surface area contributed by atoms with Crippen molar-refractivity contribution in [2.75, 3.05) is 37.8 Å². The lowest BCUT2D eigenvalue weighted by Gasteiger charge is -2.29. The van der Waals surface area contributed by atoms with Gasteiger partial charge in [-0.1, -0.05) is 0 Å². The van der Waals surface area contributed by atoms with Crippen LogP contribution < -0.4 is 4.90 Å². The van der Waals surface area contributed by atoms with Gasteiger partial charge in [-0.3, -0.25) is 4.79 Å². The lowest BCUT2D eigenvalue weighted by Crippen LogP contribution is -2.36. The number of benzene rings is 1. The lowest BCUT2D eigenvalue weighted by molar-refractivity contribution is 0.0901. The van der Waals surface area contributed by atoms with Gasteiger partial charge in [0, 0.05) is 24.8 Å². The third-order valence-corrected chi connectivity index (χ3v) is 2.80. The molecule has 1 aromatic rings. The molecule has 0 aromatic heterocycles. The average Bonchev–Trinajstić information content (AvgIpc) is 2.39. The number of ketones is 1. The number of Topliss-reactive ketones (excluding diaryl/α,β-unsaturated/α-hetero) is 1. The Hall–Kier alpha value is -1.59. The number of aliphatic hydroxyl groups excluding tert-OH is 1. The molecular weight excluding hydrogens is 222 g/mol. The van der Waals surface area contributed by atoms with Gasteiger partial charge in [0.2, 0.25) is 0 Å². The zero-order chi connectivity index (χ0) is 12.3. The highest BCUT2D eigenvalue weighted by Crippen LogP contribution is 2.25. The van der Waals surface area contributed by atoms with Crippen LogP contribution in [0.5, 0.6) is 5.75 Å². The van der Waals surface area contributed by atoms with E-state index in [9.17, 15) is 9.90 Å². The molecule has 2 rings (SSSR count). The number of phenols is 1. The summed E-state index contributed by atoms with van der Waals surface area (Å²) in [6, 6.07) is 4.86. The molecule has 1 aliphatic rings. The Kier molecular flexibility index (Phi) is 3.61. The maximum atomic E-state index is 11.3. The third kappa shape index (κ3) is 2.57. The Morgan fingerprint density at radius 2 is 2.06 bits per heavy atom. The number of rotatable bonds is 3. The molecule has 1 heterocycles. The summed E-state index contributed by atoms with van der Waals surface area (Å²) in [4.78, 5) is 13.4. The van der Waals surface area contributed by atoms with Gasteiger partial charge in [0.25, 0.3) is 0 Å². The highest BCUT2D eigenvalue weighted by molar-refractivity contribution is 5.99. The largest absolute Gasteiger partial charge is 0.507 e. The van der Waals surface area contributed by atoms with Crippen LogP contribution in [0, 0.1) is 0 Å². The van der Waals surface area contributed by atoms with E-state index in [4.69, 9.17) is 9.84 Å². The van der Waals surface area contributed by atoms with Gasteiger partial charge < -0.3 is 19.8 Å². The minimum Gasteiger partial charge on any atom is -0.507 e. The van der Waals surface area contributed by atoms with E-state index in [1.807, 2.05) is 0 Å². The number of carbonyl (C=O) groups is 1. The third-order valence-electron chi connectivity index (χ3n) is 2.80. The van der Waals surface area contributed by atoms with E-state index < -0.39 is 12.4 Å². The van der Waals surface area contributed by atoms with E-state index in [1.54, 1.807) is 18.2 Å². The molecule has 92 valence electrons. The minimum absolute atomic E-state index is 0.0898. The summed E-state index contributed by atoms with van der Waals surface area (Å²) in [5, 5.41) is 18.5. The average molecular weight is 237 g/mol. The second kappa shape index (κ2) is 5.16. The van der Waals surface area contributed by atoms with Crippen molar-refractivity contribution in [3.8, 4) is 5.75 Å². The van der Waals surface area contributed by atoms with Crippen molar-refractivity contribution in [2.24, 2.45) is 0 Å². The maximum absolute atomic E-state index is 11.3. The van der Waals surface area contributed by atoms with Crippen molar-refractivity contribution < 1.29 is 19.7 Å². The summed E-state index contributed by atoms with van der Waals surface area (Å²) in [6.45, 7) is 2.28. The summed E-state index contributed by atoms with van der Waals surface area (Å²) in [5.41, 5.74) is 1.02. The van der Waals surface area contributed by atoms with E-state index in [0.717, 1.165) is 18.8 Å². The summed E-state index contributed by atoms with van der Waals surface area (Å²) in [7, 11) is 0. The Labute approximate surface area is 99.2 Å². The van der Waals surface area contributed by atoms with Gasteiger partial charge in [-0.25, -0.2) is 0 Å². The molecule has 5 heteroatoms. The van der Waals surface area contributed by atoms with Crippen LogP contribution in [0.4, 0.5) is 5.69 Å².